The van der Waals surface area contributed by atoms with E-state index in [4.69, 9.17) is 10.9 Å². The predicted molar refractivity (Wildman–Crippen MR) is 83.5 cm³/mol. The van der Waals surface area contributed by atoms with Crippen molar-refractivity contribution in [3.63, 3.8) is 0 Å². The molecule has 1 fully saturated rings. The number of amidine groups is 1. The van der Waals surface area contributed by atoms with E-state index < -0.39 is 0 Å². The Bertz CT molecular complexity index is 506. The highest BCUT2D eigenvalue weighted by molar-refractivity contribution is 6.02. The number of hydrogen-bond donors (Lipinski definition) is 2. The largest absolute Gasteiger partial charge is 0.409 e. The topological polar surface area (TPSA) is 61.8 Å². The van der Waals surface area contributed by atoms with Gasteiger partial charge in [0.1, 0.15) is 0 Å². The van der Waals surface area contributed by atoms with Gasteiger partial charge in [0, 0.05) is 24.3 Å². The van der Waals surface area contributed by atoms with Crippen LogP contribution in [0.5, 0.6) is 0 Å². The van der Waals surface area contributed by atoms with E-state index in [9.17, 15) is 0 Å². The minimum Gasteiger partial charge on any atom is -0.409 e. The molecule has 1 saturated heterocycles. The molecule has 1 aromatic carbocycles. The summed E-state index contributed by atoms with van der Waals surface area (Å²) in [6.45, 7) is 8.70. The Balaban J connectivity index is 2.36. The highest BCUT2D eigenvalue weighted by Crippen LogP contribution is 2.40. The standard InChI is InChI=1S/C16H25N3O/c1-4-16(5-2)8-9-19(11-16)14-10-12(3)6-7-13(14)15(17)18-20/h6-7,10,20H,4-5,8-9,11H2,1-3H3,(H2,17,18). The molecule has 20 heavy (non-hydrogen) atoms. The van der Waals surface area contributed by atoms with Crippen LogP contribution in [0.3, 0.4) is 0 Å². The normalized spacial score (nSPS) is 18.6. The van der Waals surface area contributed by atoms with Crippen molar-refractivity contribution in [3.05, 3.63) is 29.3 Å². The molecule has 110 valence electrons. The van der Waals surface area contributed by atoms with Crippen molar-refractivity contribution >= 4 is 11.5 Å². The van der Waals surface area contributed by atoms with Gasteiger partial charge in [-0.15, -0.1) is 0 Å². The molecule has 2 rings (SSSR count). The van der Waals surface area contributed by atoms with Crippen molar-refractivity contribution in [2.75, 3.05) is 18.0 Å². The first-order valence-corrected chi connectivity index (χ1v) is 7.38. The molecule has 1 heterocycles. The maximum Gasteiger partial charge on any atom is 0.172 e. The van der Waals surface area contributed by atoms with Crippen molar-refractivity contribution in [2.24, 2.45) is 16.3 Å². The molecular formula is C16H25N3O. The molecule has 4 heteroatoms. The lowest BCUT2D eigenvalue weighted by atomic mass is 9.82. The molecule has 3 N–H and O–H groups in total. The number of anilines is 1. The van der Waals surface area contributed by atoms with E-state index in [1.54, 1.807) is 0 Å². The first kappa shape index (κ1) is 14.7. The Hall–Kier alpha value is -1.71. The second kappa shape index (κ2) is 5.73. The first-order valence-electron chi connectivity index (χ1n) is 7.38. The molecule has 0 saturated carbocycles. The fourth-order valence-corrected chi connectivity index (χ4v) is 3.14. The fourth-order valence-electron chi connectivity index (χ4n) is 3.14. The Morgan fingerprint density at radius 1 is 1.40 bits per heavy atom. The van der Waals surface area contributed by atoms with Gasteiger partial charge in [-0.25, -0.2) is 0 Å². The Kier molecular flexibility index (Phi) is 4.21. The van der Waals surface area contributed by atoms with E-state index >= 15 is 0 Å². The van der Waals surface area contributed by atoms with E-state index in [1.807, 2.05) is 12.1 Å². The third-order valence-corrected chi connectivity index (χ3v) is 4.82. The molecule has 0 aromatic heterocycles. The zero-order valence-electron chi connectivity index (χ0n) is 12.7. The van der Waals surface area contributed by atoms with Crippen LogP contribution in [-0.4, -0.2) is 24.1 Å². The summed E-state index contributed by atoms with van der Waals surface area (Å²) in [4.78, 5) is 2.38. The predicted octanol–water partition coefficient (Wildman–Crippen LogP) is 3.11. The highest BCUT2D eigenvalue weighted by Gasteiger charge is 2.35. The summed E-state index contributed by atoms with van der Waals surface area (Å²) in [5.74, 6) is 0.186. The lowest BCUT2D eigenvalue weighted by molar-refractivity contribution is 0.301. The van der Waals surface area contributed by atoms with Crippen molar-refractivity contribution < 1.29 is 5.21 Å². The smallest absolute Gasteiger partial charge is 0.172 e. The first-order chi connectivity index (χ1) is 9.55. The van der Waals surface area contributed by atoms with Gasteiger partial charge in [0.15, 0.2) is 5.84 Å². The van der Waals surface area contributed by atoms with Crippen LogP contribution in [0.2, 0.25) is 0 Å². The maximum absolute atomic E-state index is 8.96. The number of rotatable bonds is 4. The fraction of sp³-hybridized carbons (Fsp3) is 0.562. The van der Waals surface area contributed by atoms with Crippen LogP contribution in [0.4, 0.5) is 5.69 Å². The lowest BCUT2D eigenvalue weighted by Gasteiger charge is -2.28. The van der Waals surface area contributed by atoms with E-state index in [1.165, 1.54) is 24.8 Å². The van der Waals surface area contributed by atoms with Crippen LogP contribution in [-0.2, 0) is 0 Å². The molecule has 0 aliphatic carbocycles. The Morgan fingerprint density at radius 2 is 2.10 bits per heavy atom. The number of aryl methyl sites for hydroxylation is 1. The number of benzene rings is 1. The molecule has 0 radical (unpaired) electrons. The van der Waals surface area contributed by atoms with Crippen molar-refractivity contribution in [2.45, 2.75) is 40.0 Å². The quantitative estimate of drug-likeness (QED) is 0.384. The van der Waals surface area contributed by atoms with Crippen LogP contribution in [0.15, 0.2) is 23.4 Å². The minimum absolute atomic E-state index is 0.186. The lowest BCUT2D eigenvalue weighted by Crippen LogP contribution is -2.28. The second-order valence-electron chi connectivity index (χ2n) is 5.88. The summed E-state index contributed by atoms with van der Waals surface area (Å²) in [5, 5.41) is 12.1. The van der Waals surface area contributed by atoms with Gasteiger partial charge in [0.2, 0.25) is 0 Å². The van der Waals surface area contributed by atoms with Crippen LogP contribution < -0.4 is 10.6 Å². The van der Waals surface area contributed by atoms with E-state index in [-0.39, 0.29) is 5.84 Å². The second-order valence-corrected chi connectivity index (χ2v) is 5.88. The molecule has 4 nitrogen and oxygen atoms in total. The number of nitrogens with zero attached hydrogens (tertiary/aromatic N) is 2. The molecule has 0 spiro atoms. The van der Waals surface area contributed by atoms with E-state index in [0.717, 1.165) is 24.3 Å². The van der Waals surface area contributed by atoms with Crippen molar-refractivity contribution in [3.8, 4) is 0 Å². The number of hydrogen-bond acceptors (Lipinski definition) is 3. The van der Waals surface area contributed by atoms with Gasteiger partial charge >= 0.3 is 0 Å². The van der Waals surface area contributed by atoms with Gasteiger partial charge < -0.3 is 15.8 Å². The van der Waals surface area contributed by atoms with Crippen LogP contribution in [0.25, 0.3) is 0 Å². The summed E-state index contributed by atoms with van der Waals surface area (Å²) < 4.78 is 0. The van der Waals surface area contributed by atoms with Gasteiger partial charge in [0.25, 0.3) is 0 Å². The SMILES string of the molecule is CCC1(CC)CCN(c2cc(C)ccc2/C(N)=N/O)C1. The van der Waals surface area contributed by atoms with Crippen LogP contribution in [0.1, 0.15) is 44.2 Å². The minimum atomic E-state index is 0.186. The Morgan fingerprint density at radius 3 is 2.65 bits per heavy atom. The average molecular weight is 275 g/mol. The number of nitrogens with two attached hydrogens (primary N) is 1. The molecular weight excluding hydrogens is 250 g/mol. The van der Waals surface area contributed by atoms with Gasteiger partial charge in [-0.05, 0) is 49.3 Å². The van der Waals surface area contributed by atoms with Gasteiger partial charge in [-0.1, -0.05) is 25.1 Å². The van der Waals surface area contributed by atoms with Crippen LogP contribution in [0, 0.1) is 12.3 Å². The van der Waals surface area contributed by atoms with Gasteiger partial charge in [-0.2, -0.15) is 0 Å². The average Bonchev–Trinajstić information content (AvgIpc) is 2.91. The molecule has 0 bridgehead atoms. The van der Waals surface area contributed by atoms with E-state index in [2.05, 4.69) is 36.9 Å². The third-order valence-electron chi connectivity index (χ3n) is 4.82. The summed E-state index contributed by atoms with van der Waals surface area (Å²) >= 11 is 0. The van der Waals surface area contributed by atoms with Gasteiger partial charge in [0.05, 0.1) is 0 Å². The summed E-state index contributed by atoms with van der Waals surface area (Å²) in [6, 6.07) is 6.08. The van der Waals surface area contributed by atoms with Gasteiger partial charge in [-0.3, -0.25) is 0 Å². The maximum atomic E-state index is 8.96. The molecule has 0 atom stereocenters. The summed E-state index contributed by atoms with van der Waals surface area (Å²) in [7, 11) is 0. The molecule has 1 aromatic rings. The van der Waals surface area contributed by atoms with Crippen molar-refractivity contribution in [1.82, 2.24) is 0 Å². The monoisotopic (exact) mass is 275 g/mol. The van der Waals surface area contributed by atoms with E-state index in [0.29, 0.717) is 5.41 Å². The zero-order chi connectivity index (χ0) is 14.8. The zero-order valence-corrected chi connectivity index (χ0v) is 12.7. The number of oxime groups is 1. The molecule has 1 aliphatic heterocycles. The third kappa shape index (κ3) is 2.60. The van der Waals surface area contributed by atoms with Crippen molar-refractivity contribution in [1.29, 1.82) is 0 Å². The molecule has 1 aliphatic rings. The molecule has 0 unspecified atom stereocenters. The molecule has 0 amide bonds. The Labute approximate surface area is 121 Å². The van der Waals surface area contributed by atoms with Crippen LogP contribution >= 0.6 is 0 Å². The summed E-state index contributed by atoms with van der Waals surface area (Å²) in [6.07, 6.45) is 3.61. The highest BCUT2D eigenvalue weighted by atomic mass is 16.4. The summed E-state index contributed by atoms with van der Waals surface area (Å²) in [5.41, 5.74) is 9.33.